The molecule has 6 rings (SSSR count). The molecule has 0 aliphatic carbocycles. The van der Waals surface area contributed by atoms with Crippen molar-refractivity contribution in [2.24, 2.45) is 0 Å². The Morgan fingerprint density at radius 3 is 2.88 bits per heavy atom. The third-order valence-corrected chi connectivity index (χ3v) is 6.84. The molecule has 1 aromatic carbocycles. The molecular weight excluding hydrogens is 420 g/mol. The summed E-state index contributed by atoms with van der Waals surface area (Å²) in [6, 6.07) is 5.76. The van der Waals surface area contributed by atoms with Crippen LogP contribution >= 0.6 is 0 Å². The van der Waals surface area contributed by atoms with E-state index in [9.17, 15) is 9.59 Å². The molecule has 0 bridgehead atoms. The average molecular weight is 444 g/mol. The first-order valence-electron chi connectivity index (χ1n) is 11.3. The maximum atomic E-state index is 13.5. The number of carbonyl (C=O) groups is 1. The second-order valence-electron chi connectivity index (χ2n) is 8.86. The minimum atomic E-state index is -0.312. The van der Waals surface area contributed by atoms with E-state index in [2.05, 4.69) is 20.2 Å². The summed E-state index contributed by atoms with van der Waals surface area (Å²) in [6.45, 7) is 4.47. The summed E-state index contributed by atoms with van der Waals surface area (Å²) in [4.78, 5) is 35.2. The minimum Gasteiger partial charge on any atom is -0.381 e. The van der Waals surface area contributed by atoms with Gasteiger partial charge in [-0.3, -0.25) is 19.0 Å². The Morgan fingerprint density at radius 2 is 2.03 bits per heavy atom. The van der Waals surface area contributed by atoms with Gasteiger partial charge in [0.25, 0.3) is 11.5 Å². The molecule has 1 saturated heterocycles. The molecule has 1 fully saturated rings. The number of fused-ring (bicyclic) bond motifs is 4. The van der Waals surface area contributed by atoms with Gasteiger partial charge in [-0.25, -0.2) is 0 Å². The average Bonchev–Trinajstić information content (AvgIpc) is 3.30. The standard InChI is InChI=1S/C24H24N6O3/c1-14-10-20-19(11-18(14)24(32)29-7-3-15-2-6-25-12-17(15)13-29)26-23(31)22-28-27-21(30(20)22)16-4-8-33-9-5-16/h2,6,10-12,16H,3-5,7-9,13H2,1H3,(H,26,31). The van der Waals surface area contributed by atoms with E-state index in [1.165, 1.54) is 5.56 Å². The van der Waals surface area contributed by atoms with Gasteiger partial charge in [-0.2, -0.15) is 0 Å². The molecule has 9 nitrogen and oxygen atoms in total. The Hall–Kier alpha value is -3.59. The first-order valence-corrected chi connectivity index (χ1v) is 11.3. The third kappa shape index (κ3) is 3.31. The molecular formula is C24H24N6O3. The topological polar surface area (TPSA) is 105 Å². The van der Waals surface area contributed by atoms with Gasteiger partial charge in [-0.05, 0) is 61.1 Å². The summed E-state index contributed by atoms with van der Waals surface area (Å²) in [7, 11) is 0. The number of hydrogen-bond donors (Lipinski definition) is 1. The molecule has 2 aliphatic rings. The van der Waals surface area contributed by atoms with Gasteiger partial charge in [-0.15, -0.1) is 10.2 Å². The number of aromatic amines is 1. The smallest absolute Gasteiger partial charge is 0.294 e. The summed E-state index contributed by atoms with van der Waals surface area (Å²) in [5.41, 5.74) is 5.14. The van der Waals surface area contributed by atoms with Crippen LogP contribution in [-0.4, -0.2) is 55.1 Å². The number of nitrogens with one attached hydrogen (secondary N) is 1. The number of H-pyrrole nitrogens is 1. The summed E-state index contributed by atoms with van der Waals surface area (Å²) < 4.78 is 7.35. The molecule has 168 valence electrons. The van der Waals surface area contributed by atoms with E-state index in [0.717, 1.165) is 41.7 Å². The Morgan fingerprint density at radius 1 is 1.18 bits per heavy atom. The van der Waals surface area contributed by atoms with E-state index in [1.807, 2.05) is 34.6 Å². The van der Waals surface area contributed by atoms with Crippen LogP contribution in [-0.2, 0) is 17.7 Å². The van der Waals surface area contributed by atoms with Crippen molar-refractivity contribution in [1.29, 1.82) is 0 Å². The normalized spacial score (nSPS) is 16.9. The van der Waals surface area contributed by atoms with Crippen molar-refractivity contribution in [2.75, 3.05) is 19.8 Å². The number of carbonyl (C=O) groups excluding carboxylic acids is 1. The van der Waals surface area contributed by atoms with Crippen molar-refractivity contribution >= 4 is 22.6 Å². The fraction of sp³-hybridized carbons (Fsp3) is 0.375. The van der Waals surface area contributed by atoms with E-state index in [0.29, 0.717) is 37.4 Å². The summed E-state index contributed by atoms with van der Waals surface area (Å²) in [6.07, 6.45) is 6.12. The molecule has 0 atom stereocenters. The minimum absolute atomic E-state index is 0.0433. The van der Waals surface area contributed by atoms with Crippen LogP contribution in [0.3, 0.4) is 0 Å². The van der Waals surface area contributed by atoms with Crippen LogP contribution < -0.4 is 5.56 Å². The molecule has 3 aromatic heterocycles. The summed E-state index contributed by atoms with van der Waals surface area (Å²) in [5.74, 6) is 0.920. The second-order valence-corrected chi connectivity index (χ2v) is 8.86. The monoisotopic (exact) mass is 444 g/mol. The maximum absolute atomic E-state index is 13.5. The molecule has 1 amide bonds. The molecule has 33 heavy (non-hydrogen) atoms. The van der Waals surface area contributed by atoms with Crippen LogP contribution in [0.25, 0.3) is 16.7 Å². The number of aromatic nitrogens is 5. The Bertz CT molecular complexity index is 1450. The lowest BCUT2D eigenvalue weighted by Crippen LogP contribution is -2.36. The highest BCUT2D eigenvalue weighted by Crippen LogP contribution is 2.29. The molecule has 0 radical (unpaired) electrons. The zero-order valence-electron chi connectivity index (χ0n) is 18.4. The Kier molecular flexibility index (Phi) is 4.72. The lowest BCUT2D eigenvalue weighted by Gasteiger charge is -2.29. The van der Waals surface area contributed by atoms with E-state index in [1.54, 1.807) is 12.3 Å². The highest BCUT2D eigenvalue weighted by molar-refractivity contribution is 5.99. The quantitative estimate of drug-likeness (QED) is 0.509. The van der Waals surface area contributed by atoms with E-state index >= 15 is 0 Å². The Balaban J connectivity index is 1.43. The van der Waals surface area contributed by atoms with E-state index in [-0.39, 0.29) is 23.0 Å². The number of hydrogen-bond acceptors (Lipinski definition) is 6. The number of aryl methyl sites for hydroxylation is 1. The van der Waals surface area contributed by atoms with Gasteiger partial charge < -0.3 is 14.6 Å². The Labute approximate surface area is 189 Å². The molecule has 9 heteroatoms. The highest BCUT2D eigenvalue weighted by Gasteiger charge is 2.26. The van der Waals surface area contributed by atoms with Crippen molar-refractivity contribution in [2.45, 2.75) is 38.6 Å². The lowest BCUT2D eigenvalue weighted by molar-refractivity contribution is 0.0734. The van der Waals surface area contributed by atoms with Crippen molar-refractivity contribution in [3.05, 3.63) is 69.0 Å². The van der Waals surface area contributed by atoms with Gasteiger partial charge in [0.2, 0.25) is 5.65 Å². The van der Waals surface area contributed by atoms with Crippen molar-refractivity contribution < 1.29 is 9.53 Å². The van der Waals surface area contributed by atoms with Crippen LogP contribution in [0.5, 0.6) is 0 Å². The van der Waals surface area contributed by atoms with Crippen molar-refractivity contribution in [3.8, 4) is 0 Å². The molecule has 5 heterocycles. The molecule has 0 spiro atoms. The number of benzene rings is 1. The van der Waals surface area contributed by atoms with Crippen LogP contribution in [0.15, 0.2) is 35.4 Å². The largest absolute Gasteiger partial charge is 0.381 e. The first-order chi connectivity index (χ1) is 16.1. The maximum Gasteiger partial charge on any atom is 0.294 e. The van der Waals surface area contributed by atoms with Gasteiger partial charge in [0.05, 0.1) is 11.0 Å². The zero-order chi connectivity index (χ0) is 22.5. The van der Waals surface area contributed by atoms with Crippen LogP contribution in [0, 0.1) is 6.92 Å². The lowest BCUT2D eigenvalue weighted by atomic mass is 9.99. The molecule has 2 aliphatic heterocycles. The first kappa shape index (κ1) is 20.0. The number of ether oxygens (including phenoxy) is 1. The highest BCUT2D eigenvalue weighted by atomic mass is 16.5. The zero-order valence-corrected chi connectivity index (χ0v) is 18.4. The predicted octanol–water partition coefficient (Wildman–Crippen LogP) is 2.37. The van der Waals surface area contributed by atoms with Gasteiger partial charge in [0.1, 0.15) is 5.82 Å². The molecule has 0 saturated carbocycles. The van der Waals surface area contributed by atoms with Gasteiger partial charge in [0, 0.05) is 50.2 Å². The van der Waals surface area contributed by atoms with Gasteiger partial charge in [0.15, 0.2) is 0 Å². The fourth-order valence-corrected chi connectivity index (χ4v) is 5.01. The van der Waals surface area contributed by atoms with Crippen molar-refractivity contribution in [1.82, 2.24) is 29.5 Å². The number of nitrogens with zero attached hydrogens (tertiary/aromatic N) is 5. The SMILES string of the molecule is Cc1cc2c(cc1C(=O)N1CCc3ccncc3C1)[nH]c(=O)c1nnc(C3CCOCC3)n12. The number of pyridine rings is 1. The molecule has 4 aromatic rings. The van der Waals surface area contributed by atoms with Crippen LogP contribution in [0.2, 0.25) is 0 Å². The summed E-state index contributed by atoms with van der Waals surface area (Å²) in [5, 5.41) is 8.54. The van der Waals surface area contributed by atoms with Gasteiger partial charge >= 0.3 is 0 Å². The van der Waals surface area contributed by atoms with E-state index in [4.69, 9.17) is 4.74 Å². The van der Waals surface area contributed by atoms with Crippen molar-refractivity contribution in [3.63, 3.8) is 0 Å². The summed E-state index contributed by atoms with van der Waals surface area (Å²) >= 11 is 0. The second kappa shape index (κ2) is 7.77. The molecule has 1 N–H and O–H groups in total. The van der Waals surface area contributed by atoms with Crippen LogP contribution in [0.1, 0.15) is 51.6 Å². The predicted molar refractivity (Wildman–Crippen MR) is 121 cm³/mol. The van der Waals surface area contributed by atoms with Crippen LogP contribution in [0.4, 0.5) is 0 Å². The molecule has 0 unspecified atom stereocenters. The number of rotatable bonds is 2. The van der Waals surface area contributed by atoms with E-state index < -0.39 is 0 Å². The fourth-order valence-electron chi connectivity index (χ4n) is 5.01. The van der Waals surface area contributed by atoms with Gasteiger partial charge in [-0.1, -0.05) is 0 Å². The third-order valence-electron chi connectivity index (χ3n) is 6.84. The number of amides is 1.